The van der Waals surface area contributed by atoms with E-state index >= 15 is 0 Å². The molecule has 1 aliphatic rings. The Morgan fingerprint density at radius 1 is 0.815 bits per heavy atom. The highest BCUT2D eigenvalue weighted by Gasteiger charge is 2.42. The second-order valence-corrected chi connectivity index (χ2v) is 18.3. The van der Waals surface area contributed by atoms with Crippen LogP contribution in [0, 0.1) is 12.3 Å². The molecule has 3 aromatic carbocycles. The molecule has 6 rings (SSSR count). The van der Waals surface area contributed by atoms with Crippen molar-refractivity contribution in [2.75, 3.05) is 85.0 Å². The molecular formula is C50H64N6O8S. The monoisotopic (exact) mass is 908 g/mol. The quantitative estimate of drug-likeness (QED) is 0.0638. The number of rotatable bonds is 23. The molecular weight excluding hydrogens is 845 g/mol. The molecule has 3 heterocycles. The largest absolute Gasteiger partial charge is 0.491 e. The molecule has 1 aliphatic heterocycles. The molecule has 1 fully saturated rings. The number of anilines is 1. The number of hydrogen-bond acceptors (Lipinski definition) is 12. The Hall–Kier alpha value is -5.45. The van der Waals surface area contributed by atoms with Crippen molar-refractivity contribution < 1.29 is 38.1 Å². The number of thiazole rings is 1. The maximum atomic E-state index is 14.0. The third-order valence-electron chi connectivity index (χ3n) is 11.2. The highest BCUT2D eigenvalue weighted by molar-refractivity contribution is 7.13. The number of aryl methyl sites for hydroxylation is 1. The molecule has 348 valence electrons. The number of fused-ring (bicyclic) bond motifs is 1. The van der Waals surface area contributed by atoms with Crippen molar-refractivity contribution in [1.29, 1.82) is 0 Å². The molecule has 0 bridgehead atoms. The minimum absolute atomic E-state index is 0.200. The lowest BCUT2D eigenvalue weighted by molar-refractivity contribution is -0.144. The average Bonchev–Trinajstić information content (AvgIpc) is 3.97. The summed E-state index contributed by atoms with van der Waals surface area (Å²) in [5.41, 5.74) is 8.32. The number of carbonyl (C=O) groups excluding carboxylic acids is 3. The van der Waals surface area contributed by atoms with Crippen LogP contribution in [0.1, 0.15) is 57.8 Å². The van der Waals surface area contributed by atoms with Gasteiger partial charge in [-0.25, -0.2) is 9.97 Å². The highest BCUT2D eigenvalue weighted by Crippen LogP contribution is 2.30. The summed E-state index contributed by atoms with van der Waals surface area (Å²) < 4.78 is 28.3. The van der Waals surface area contributed by atoms with Gasteiger partial charge >= 0.3 is 0 Å². The second kappa shape index (κ2) is 23.7. The van der Waals surface area contributed by atoms with Gasteiger partial charge in [-0.2, -0.15) is 0 Å². The molecule has 15 heteroatoms. The standard InChI is InChI=1S/C50H64N6O8S/c1-34(36-10-12-38(13-11-36)46-35(2)51-33-65-46)52-48(58)44-9-8-22-56(44)49(59)47(50(3,4)5)54-45(57)32-63-28-27-61-24-23-60-25-26-62-29-30-64-41-19-21-43-39(31-41)16-20-42(53-43)37-14-17-40(18-15-37)55(6)7/h10-21,31,33-34,44,47H,8-9,22-30,32H2,1-7H3,(H,52,58)(H,54,57)/t34-,44-,47?/m0/s1. The van der Waals surface area contributed by atoms with E-state index in [-0.39, 0.29) is 37.7 Å². The van der Waals surface area contributed by atoms with Crippen LogP contribution in [0.4, 0.5) is 5.69 Å². The fourth-order valence-electron chi connectivity index (χ4n) is 7.54. The first-order chi connectivity index (χ1) is 31.3. The van der Waals surface area contributed by atoms with Crippen molar-refractivity contribution in [2.45, 2.75) is 65.6 Å². The SMILES string of the molecule is Cc1ncsc1-c1ccc([C@H](C)NC(=O)[C@@H]2CCCN2C(=O)C(NC(=O)COCCOCCOCCOCCOc2ccc3nc(-c4ccc(N(C)C)cc4)ccc3c2)C(C)(C)C)cc1. The fraction of sp³-hybridized carbons (Fsp3) is 0.460. The Morgan fingerprint density at radius 2 is 1.46 bits per heavy atom. The number of pyridine rings is 1. The molecule has 0 aliphatic carbocycles. The zero-order valence-corrected chi connectivity index (χ0v) is 39.6. The zero-order chi connectivity index (χ0) is 46.3. The molecule has 0 saturated carbocycles. The average molecular weight is 909 g/mol. The first-order valence-corrected chi connectivity index (χ1v) is 23.2. The molecule has 2 aromatic heterocycles. The maximum Gasteiger partial charge on any atom is 0.246 e. The van der Waals surface area contributed by atoms with Crippen molar-refractivity contribution in [2.24, 2.45) is 5.41 Å². The van der Waals surface area contributed by atoms with Crippen LogP contribution in [0.25, 0.3) is 32.6 Å². The summed E-state index contributed by atoms with van der Waals surface area (Å²) in [6, 6.07) is 24.7. The smallest absolute Gasteiger partial charge is 0.246 e. The van der Waals surface area contributed by atoms with E-state index in [9.17, 15) is 14.4 Å². The summed E-state index contributed by atoms with van der Waals surface area (Å²) in [6.07, 6.45) is 1.25. The van der Waals surface area contributed by atoms with Crippen LogP contribution >= 0.6 is 11.3 Å². The van der Waals surface area contributed by atoms with E-state index in [4.69, 9.17) is 28.7 Å². The Bertz CT molecular complexity index is 2310. The Kier molecular flexibility index (Phi) is 17.8. The molecule has 14 nitrogen and oxygen atoms in total. The van der Waals surface area contributed by atoms with Crippen LogP contribution in [-0.4, -0.2) is 125 Å². The normalized spacial score (nSPS) is 14.9. The summed E-state index contributed by atoms with van der Waals surface area (Å²) in [5, 5.41) is 6.99. The molecule has 65 heavy (non-hydrogen) atoms. The Morgan fingerprint density at radius 3 is 2.09 bits per heavy atom. The first-order valence-electron chi connectivity index (χ1n) is 22.3. The van der Waals surface area contributed by atoms with Gasteiger partial charge < -0.3 is 44.1 Å². The van der Waals surface area contributed by atoms with Gasteiger partial charge in [0, 0.05) is 37.3 Å². The van der Waals surface area contributed by atoms with E-state index < -0.39 is 23.4 Å². The molecule has 5 aromatic rings. The summed E-state index contributed by atoms with van der Waals surface area (Å²) in [4.78, 5) is 54.5. The van der Waals surface area contributed by atoms with Crippen LogP contribution in [0.2, 0.25) is 0 Å². The summed E-state index contributed by atoms with van der Waals surface area (Å²) in [5.74, 6) is -0.140. The molecule has 0 radical (unpaired) electrons. The lowest BCUT2D eigenvalue weighted by atomic mass is 9.85. The van der Waals surface area contributed by atoms with E-state index in [2.05, 4.69) is 50.8 Å². The number of nitrogens with zero attached hydrogens (tertiary/aromatic N) is 4. The molecule has 1 unspecified atom stereocenters. The summed E-state index contributed by atoms with van der Waals surface area (Å²) >= 11 is 1.60. The number of amides is 3. The van der Waals surface area contributed by atoms with E-state index in [0.717, 1.165) is 55.3 Å². The summed E-state index contributed by atoms with van der Waals surface area (Å²) in [6.45, 7) is 12.7. The van der Waals surface area contributed by atoms with Gasteiger partial charge in [0.2, 0.25) is 17.7 Å². The van der Waals surface area contributed by atoms with Crippen molar-refractivity contribution >= 4 is 45.6 Å². The van der Waals surface area contributed by atoms with Crippen molar-refractivity contribution in [3.63, 3.8) is 0 Å². The number of hydrogen-bond donors (Lipinski definition) is 2. The number of benzene rings is 3. The van der Waals surface area contributed by atoms with Gasteiger partial charge in [-0.05, 0) is 79.6 Å². The van der Waals surface area contributed by atoms with Gasteiger partial charge in [-0.15, -0.1) is 11.3 Å². The number of carbonyl (C=O) groups is 3. The van der Waals surface area contributed by atoms with E-state index in [1.807, 2.05) is 103 Å². The minimum atomic E-state index is -0.841. The zero-order valence-electron chi connectivity index (χ0n) is 38.8. The molecule has 3 atom stereocenters. The predicted octanol–water partition coefficient (Wildman–Crippen LogP) is 7.24. The third kappa shape index (κ3) is 14.0. The lowest BCUT2D eigenvalue weighted by Gasteiger charge is -2.35. The van der Waals surface area contributed by atoms with Crippen molar-refractivity contribution in [3.8, 4) is 27.4 Å². The number of aromatic nitrogens is 2. The van der Waals surface area contributed by atoms with E-state index in [0.29, 0.717) is 59.0 Å². The Balaban J connectivity index is 0.805. The minimum Gasteiger partial charge on any atom is -0.491 e. The Labute approximate surface area is 387 Å². The molecule has 1 saturated heterocycles. The van der Waals surface area contributed by atoms with Gasteiger partial charge in [-0.1, -0.05) is 63.2 Å². The maximum absolute atomic E-state index is 14.0. The first kappa shape index (κ1) is 49.0. The molecule has 0 spiro atoms. The molecule has 2 N–H and O–H groups in total. The van der Waals surface area contributed by atoms with Gasteiger partial charge in [0.15, 0.2) is 0 Å². The van der Waals surface area contributed by atoms with Crippen LogP contribution < -0.4 is 20.3 Å². The van der Waals surface area contributed by atoms with Crippen LogP contribution in [0.5, 0.6) is 5.75 Å². The van der Waals surface area contributed by atoms with Crippen LogP contribution in [0.3, 0.4) is 0 Å². The van der Waals surface area contributed by atoms with E-state index in [1.165, 1.54) is 0 Å². The lowest BCUT2D eigenvalue weighted by Crippen LogP contribution is -2.58. The van der Waals surface area contributed by atoms with Gasteiger partial charge in [-0.3, -0.25) is 14.4 Å². The van der Waals surface area contributed by atoms with Gasteiger partial charge in [0.25, 0.3) is 0 Å². The second-order valence-electron chi connectivity index (χ2n) is 17.4. The van der Waals surface area contributed by atoms with E-state index in [1.54, 1.807) is 16.2 Å². The summed E-state index contributed by atoms with van der Waals surface area (Å²) in [7, 11) is 4.05. The van der Waals surface area contributed by atoms with Crippen LogP contribution in [0.15, 0.2) is 84.4 Å². The molecule has 3 amide bonds. The number of likely N-dealkylation sites (tertiary alicyclic amines) is 1. The third-order valence-corrected chi connectivity index (χ3v) is 12.2. The number of ether oxygens (including phenoxy) is 5. The predicted molar refractivity (Wildman–Crippen MR) is 255 cm³/mol. The van der Waals surface area contributed by atoms with Gasteiger partial charge in [0.05, 0.1) is 79.6 Å². The number of nitrogens with one attached hydrogen (secondary N) is 2. The van der Waals surface area contributed by atoms with Gasteiger partial charge in [0.1, 0.15) is 31.0 Å². The van der Waals surface area contributed by atoms with Crippen molar-refractivity contribution in [1.82, 2.24) is 25.5 Å². The van der Waals surface area contributed by atoms with Crippen LogP contribution in [-0.2, 0) is 33.3 Å². The fourth-order valence-corrected chi connectivity index (χ4v) is 8.35. The highest BCUT2D eigenvalue weighted by atomic mass is 32.1. The van der Waals surface area contributed by atoms with Crippen molar-refractivity contribution in [3.05, 3.63) is 95.6 Å². The topological polar surface area (TPSA) is 154 Å².